The quantitative estimate of drug-likeness (QED) is 0.702. The molecule has 0 heterocycles. The minimum atomic E-state index is -0.948. The smallest absolute Gasteiger partial charge is 0.328 e. The number of ether oxygens (including phenoxy) is 1. The van der Waals surface area contributed by atoms with Crippen molar-refractivity contribution in [3.05, 3.63) is 0 Å². The lowest BCUT2D eigenvalue weighted by Crippen LogP contribution is -2.44. The molecule has 1 aliphatic carbocycles. The SMILES string of the molecule is CCOC(=O)C(C)NC(=O)C1CCCC1C(=O)O. The summed E-state index contributed by atoms with van der Waals surface area (Å²) in [5, 5.41) is 11.5. The lowest BCUT2D eigenvalue weighted by atomic mass is 9.95. The van der Waals surface area contributed by atoms with Crippen LogP contribution in [0, 0.1) is 11.8 Å². The third-order valence-electron chi connectivity index (χ3n) is 3.17. The fourth-order valence-corrected chi connectivity index (χ4v) is 2.22. The summed E-state index contributed by atoms with van der Waals surface area (Å²) < 4.78 is 4.77. The van der Waals surface area contributed by atoms with E-state index in [2.05, 4.69) is 5.32 Å². The zero-order chi connectivity index (χ0) is 13.7. The van der Waals surface area contributed by atoms with Gasteiger partial charge in [0.25, 0.3) is 0 Å². The molecule has 0 radical (unpaired) electrons. The molecule has 1 saturated carbocycles. The predicted molar refractivity (Wildman–Crippen MR) is 62.7 cm³/mol. The van der Waals surface area contributed by atoms with Crippen molar-refractivity contribution in [2.75, 3.05) is 6.61 Å². The van der Waals surface area contributed by atoms with Crippen LogP contribution in [-0.2, 0) is 19.1 Å². The molecule has 0 spiro atoms. The van der Waals surface area contributed by atoms with Crippen LogP contribution in [0.15, 0.2) is 0 Å². The normalized spacial score (nSPS) is 24.3. The molecule has 3 atom stereocenters. The van der Waals surface area contributed by atoms with Crippen LogP contribution in [0.4, 0.5) is 0 Å². The first-order valence-corrected chi connectivity index (χ1v) is 6.17. The van der Waals surface area contributed by atoms with Gasteiger partial charge in [-0.2, -0.15) is 0 Å². The van der Waals surface area contributed by atoms with Gasteiger partial charge in [0.15, 0.2) is 0 Å². The molecule has 18 heavy (non-hydrogen) atoms. The summed E-state index contributed by atoms with van der Waals surface area (Å²) in [7, 11) is 0. The maximum absolute atomic E-state index is 11.9. The van der Waals surface area contributed by atoms with Gasteiger partial charge in [-0.05, 0) is 26.7 Å². The summed E-state index contributed by atoms with van der Waals surface area (Å²) in [6.45, 7) is 3.46. The zero-order valence-corrected chi connectivity index (χ0v) is 10.6. The monoisotopic (exact) mass is 257 g/mol. The van der Waals surface area contributed by atoms with E-state index in [1.165, 1.54) is 6.92 Å². The molecule has 3 unspecified atom stereocenters. The van der Waals surface area contributed by atoms with Crippen LogP contribution < -0.4 is 5.32 Å². The molecule has 102 valence electrons. The molecule has 1 fully saturated rings. The lowest BCUT2D eigenvalue weighted by molar-refractivity contribution is -0.149. The molecule has 0 aromatic rings. The van der Waals surface area contributed by atoms with Crippen LogP contribution in [0.25, 0.3) is 0 Å². The van der Waals surface area contributed by atoms with Crippen molar-refractivity contribution >= 4 is 17.8 Å². The second-order valence-corrected chi connectivity index (χ2v) is 4.46. The topological polar surface area (TPSA) is 92.7 Å². The Morgan fingerprint density at radius 3 is 2.50 bits per heavy atom. The average molecular weight is 257 g/mol. The van der Waals surface area contributed by atoms with E-state index in [-0.39, 0.29) is 12.5 Å². The molecule has 1 aliphatic rings. The Hall–Kier alpha value is -1.59. The van der Waals surface area contributed by atoms with Crippen molar-refractivity contribution in [3.8, 4) is 0 Å². The number of hydrogen-bond acceptors (Lipinski definition) is 4. The molecule has 1 amide bonds. The largest absolute Gasteiger partial charge is 0.481 e. The number of carbonyl (C=O) groups excluding carboxylic acids is 2. The minimum Gasteiger partial charge on any atom is -0.481 e. The summed E-state index contributed by atoms with van der Waals surface area (Å²) in [6, 6.07) is -0.743. The molecule has 6 heteroatoms. The van der Waals surface area contributed by atoms with Gasteiger partial charge in [-0.3, -0.25) is 9.59 Å². The van der Waals surface area contributed by atoms with Gasteiger partial charge in [0.2, 0.25) is 5.91 Å². The highest BCUT2D eigenvalue weighted by atomic mass is 16.5. The van der Waals surface area contributed by atoms with Gasteiger partial charge in [0, 0.05) is 0 Å². The number of carbonyl (C=O) groups is 3. The van der Waals surface area contributed by atoms with Crippen LogP contribution >= 0.6 is 0 Å². The number of nitrogens with one attached hydrogen (secondary N) is 1. The van der Waals surface area contributed by atoms with Crippen molar-refractivity contribution in [2.24, 2.45) is 11.8 Å². The molecular weight excluding hydrogens is 238 g/mol. The molecular formula is C12H19NO5. The third-order valence-corrected chi connectivity index (χ3v) is 3.17. The Morgan fingerprint density at radius 2 is 1.94 bits per heavy atom. The number of hydrogen-bond donors (Lipinski definition) is 2. The Labute approximate surface area is 106 Å². The van der Waals surface area contributed by atoms with E-state index in [1.807, 2.05) is 0 Å². The maximum atomic E-state index is 11.9. The molecule has 0 aromatic carbocycles. The molecule has 0 aromatic heterocycles. The van der Waals surface area contributed by atoms with Crippen LogP contribution in [0.2, 0.25) is 0 Å². The van der Waals surface area contributed by atoms with Gasteiger partial charge in [0.05, 0.1) is 18.4 Å². The van der Waals surface area contributed by atoms with Gasteiger partial charge >= 0.3 is 11.9 Å². The fourth-order valence-electron chi connectivity index (χ4n) is 2.22. The van der Waals surface area contributed by atoms with E-state index in [0.717, 1.165) is 6.42 Å². The second kappa shape index (κ2) is 6.37. The number of rotatable bonds is 5. The average Bonchev–Trinajstić information content (AvgIpc) is 2.78. The lowest BCUT2D eigenvalue weighted by Gasteiger charge is -2.18. The van der Waals surface area contributed by atoms with Crippen molar-refractivity contribution in [2.45, 2.75) is 39.2 Å². The summed E-state index contributed by atoms with van der Waals surface area (Å²) in [5.74, 6) is -3.01. The minimum absolute atomic E-state index is 0.250. The number of carboxylic acids is 1. The molecule has 2 N–H and O–H groups in total. The highest BCUT2D eigenvalue weighted by Crippen LogP contribution is 2.32. The van der Waals surface area contributed by atoms with Crippen molar-refractivity contribution in [1.82, 2.24) is 5.32 Å². The Morgan fingerprint density at radius 1 is 1.33 bits per heavy atom. The first kappa shape index (κ1) is 14.5. The van der Waals surface area contributed by atoms with Crippen LogP contribution in [0.5, 0.6) is 0 Å². The van der Waals surface area contributed by atoms with Gasteiger partial charge in [-0.1, -0.05) is 6.42 Å². The van der Waals surface area contributed by atoms with E-state index < -0.39 is 29.8 Å². The zero-order valence-electron chi connectivity index (χ0n) is 10.6. The van der Waals surface area contributed by atoms with E-state index in [4.69, 9.17) is 9.84 Å². The highest BCUT2D eigenvalue weighted by Gasteiger charge is 2.38. The third kappa shape index (κ3) is 3.45. The Bertz CT molecular complexity index is 341. The fraction of sp³-hybridized carbons (Fsp3) is 0.750. The van der Waals surface area contributed by atoms with E-state index in [0.29, 0.717) is 12.8 Å². The van der Waals surface area contributed by atoms with Crippen molar-refractivity contribution in [3.63, 3.8) is 0 Å². The highest BCUT2D eigenvalue weighted by molar-refractivity contribution is 5.88. The molecule has 6 nitrogen and oxygen atoms in total. The van der Waals surface area contributed by atoms with Crippen molar-refractivity contribution < 1.29 is 24.2 Å². The molecule has 0 aliphatic heterocycles. The van der Waals surface area contributed by atoms with Crippen LogP contribution in [0.1, 0.15) is 33.1 Å². The number of esters is 1. The summed E-state index contributed by atoms with van der Waals surface area (Å²) in [4.78, 5) is 34.2. The van der Waals surface area contributed by atoms with E-state index in [9.17, 15) is 14.4 Å². The van der Waals surface area contributed by atoms with E-state index >= 15 is 0 Å². The summed E-state index contributed by atoms with van der Waals surface area (Å²) in [6.07, 6.45) is 1.79. The van der Waals surface area contributed by atoms with Gasteiger partial charge < -0.3 is 15.2 Å². The van der Waals surface area contributed by atoms with Crippen molar-refractivity contribution in [1.29, 1.82) is 0 Å². The maximum Gasteiger partial charge on any atom is 0.328 e. The predicted octanol–water partition coefficient (Wildman–Crippen LogP) is 0.555. The molecule has 0 bridgehead atoms. The van der Waals surface area contributed by atoms with Gasteiger partial charge in [0.1, 0.15) is 6.04 Å². The van der Waals surface area contributed by atoms with E-state index in [1.54, 1.807) is 6.92 Å². The Kier molecular flexibility index (Phi) is 5.12. The molecule has 1 rings (SSSR count). The number of carboxylic acid groups (broad SMARTS) is 1. The standard InChI is InChI=1S/C12H19NO5/c1-3-18-12(17)7(2)13-10(14)8-5-4-6-9(8)11(15)16/h7-9H,3-6H2,1-2H3,(H,13,14)(H,15,16). The van der Waals surface area contributed by atoms with Gasteiger partial charge in [-0.15, -0.1) is 0 Å². The number of aliphatic carboxylic acids is 1. The Balaban J connectivity index is 2.54. The first-order valence-electron chi connectivity index (χ1n) is 6.17. The number of amides is 1. The van der Waals surface area contributed by atoms with Crippen LogP contribution in [0.3, 0.4) is 0 Å². The first-order chi connectivity index (χ1) is 8.47. The summed E-state index contributed by atoms with van der Waals surface area (Å²) >= 11 is 0. The van der Waals surface area contributed by atoms with Gasteiger partial charge in [-0.25, -0.2) is 4.79 Å². The second-order valence-electron chi connectivity index (χ2n) is 4.46. The molecule has 0 saturated heterocycles. The summed E-state index contributed by atoms with van der Waals surface area (Å²) in [5.41, 5.74) is 0. The van der Waals surface area contributed by atoms with Crippen LogP contribution in [-0.4, -0.2) is 35.6 Å².